The number of benzene rings is 4. The molecule has 40 heavy (non-hydrogen) atoms. The molecule has 8 rings (SSSR count). The summed E-state index contributed by atoms with van der Waals surface area (Å²) in [7, 11) is 0. The molecule has 1 saturated heterocycles. The highest BCUT2D eigenvalue weighted by molar-refractivity contribution is 6.10. The molecule has 0 radical (unpaired) electrons. The summed E-state index contributed by atoms with van der Waals surface area (Å²) >= 11 is 0. The maximum absolute atomic E-state index is 13.8. The summed E-state index contributed by atoms with van der Waals surface area (Å²) in [5, 5.41) is 4.62. The van der Waals surface area contributed by atoms with Gasteiger partial charge in [0.05, 0.1) is 11.8 Å². The van der Waals surface area contributed by atoms with Gasteiger partial charge in [-0.05, 0) is 40.6 Å². The standard InChI is InChI=1S/C33H26N2O5/c1-18(33(39)40-17-26(36)34-25-16-8-10-19-9-2-3-11-20(19)25)35-31(37)29-27-21-12-4-5-13-22(21)28(30(29)32(35)38)24-15-7-6-14-23(24)27/h2-16,18,27-30H,17H2,1H3,(H,34,36)/t18-,27?,28?,29+,30+/m1/s1. The maximum Gasteiger partial charge on any atom is 0.329 e. The minimum atomic E-state index is -1.15. The van der Waals surface area contributed by atoms with Gasteiger partial charge in [0.2, 0.25) is 11.8 Å². The number of rotatable bonds is 5. The Hall–Kier alpha value is -4.78. The first-order valence-corrected chi connectivity index (χ1v) is 13.4. The van der Waals surface area contributed by atoms with Crippen LogP contribution in [0.1, 0.15) is 41.0 Å². The zero-order valence-corrected chi connectivity index (χ0v) is 21.7. The molecule has 1 N–H and O–H groups in total. The van der Waals surface area contributed by atoms with Crippen LogP contribution in [0.5, 0.6) is 0 Å². The van der Waals surface area contributed by atoms with Gasteiger partial charge in [-0.3, -0.25) is 19.3 Å². The number of imide groups is 1. The van der Waals surface area contributed by atoms with Gasteiger partial charge in [0.1, 0.15) is 6.04 Å². The molecule has 3 aliphatic carbocycles. The Morgan fingerprint density at radius 2 is 1.25 bits per heavy atom. The first-order chi connectivity index (χ1) is 19.5. The molecule has 4 aromatic carbocycles. The lowest BCUT2D eigenvalue weighted by Crippen LogP contribution is -2.45. The minimum absolute atomic E-state index is 0.251. The number of hydrogen-bond acceptors (Lipinski definition) is 5. The molecule has 4 aliphatic rings. The highest BCUT2D eigenvalue weighted by atomic mass is 16.5. The fraction of sp³-hybridized carbons (Fsp3) is 0.212. The monoisotopic (exact) mass is 530 g/mol. The molecule has 7 heteroatoms. The Morgan fingerprint density at radius 1 is 0.750 bits per heavy atom. The number of anilines is 1. The minimum Gasteiger partial charge on any atom is -0.454 e. The van der Waals surface area contributed by atoms with Gasteiger partial charge >= 0.3 is 5.97 Å². The average Bonchev–Trinajstić information content (AvgIpc) is 3.25. The summed E-state index contributed by atoms with van der Waals surface area (Å²) in [5.74, 6) is -3.68. The lowest BCUT2D eigenvalue weighted by molar-refractivity contribution is -0.159. The summed E-state index contributed by atoms with van der Waals surface area (Å²) in [6.45, 7) is 0.956. The third-order valence-corrected chi connectivity index (χ3v) is 8.62. The van der Waals surface area contributed by atoms with Crippen molar-refractivity contribution in [3.8, 4) is 0 Å². The number of fused-ring (bicyclic) bond motifs is 1. The van der Waals surface area contributed by atoms with E-state index in [0.29, 0.717) is 5.69 Å². The second kappa shape index (κ2) is 9.16. The van der Waals surface area contributed by atoms with E-state index in [1.807, 2.05) is 84.9 Å². The van der Waals surface area contributed by atoms with E-state index in [0.717, 1.165) is 37.9 Å². The molecule has 198 valence electrons. The van der Waals surface area contributed by atoms with Crippen LogP contribution in [0.4, 0.5) is 5.69 Å². The number of esters is 1. The first kappa shape index (κ1) is 24.3. The first-order valence-electron chi connectivity index (χ1n) is 13.4. The SMILES string of the molecule is C[C@H](C(=O)OCC(=O)Nc1cccc2ccccc12)N1C(=O)[C@H]2C3c4ccccc4C(c4ccccc43)[C@@H]2C1=O. The van der Waals surface area contributed by atoms with E-state index in [9.17, 15) is 19.2 Å². The molecule has 1 heterocycles. The lowest BCUT2D eigenvalue weighted by atomic mass is 9.55. The highest BCUT2D eigenvalue weighted by Gasteiger charge is 2.62. The third kappa shape index (κ3) is 3.50. The zero-order valence-electron chi connectivity index (χ0n) is 21.7. The quantitative estimate of drug-likeness (QED) is 0.301. The molecule has 4 aromatic rings. The van der Waals surface area contributed by atoms with Crippen LogP contribution in [0.25, 0.3) is 10.8 Å². The molecule has 3 atom stereocenters. The molecule has 0 aromatic heterocycles. The number of nitrogens with zero attached hydrogens (tertiary/aromatic N) is 1. The molecular weight excluding hydrogens is 504 g/mol. The topological polar surface area (TPSA) is 92.8 Å². The van der Waals surface area contributed by atoms with Crippen LogP contribution in [0.3, 0.4) is 0 Å². The summed E-state index contributed by atoms with van der Waals surface area (Å²) in [4.78, 5) is 54.4. The maximum atomic E-state index is 13.8. The number of ether oxygens (including phenoxy) is 1. The predicted molar refractivity (Wildman–Crippen MR) is 148 cm³/mol. The Labute approximate surface area is 230 Å². The number of carbonyl (C=O) groups is 4. The molecular formula is C33H26N2O5. The van der Waals surface area contributed by atoms with E-state index < -0.39 is 36.4 Å². The number of carbonyl (C=O) groups excluding carboxylic acids is 4. The van der Waals surface area contributed by atoms with Gasteiger partial charge in [-0.15, -0.1) is 0 Å². The van der Waals surface area contributed by atoms with Crippen molar-refractivity contribution in [2.24, 2.45) is 11.8 Å². The summed E-state index contributed by atoms with van der Waals surface area (Å²) < 4.78 is 5.31. The van der Waals surface area contributed by atoms with E-state index in [1.165, 1.54) is 6.92 Å². The van der Waals surface area contributed by atoms with E-state index in [-0.39, 0.29) is 23.7 Å². The second-order valence-corrected chi connectivity index (χ2v) is 10.7. The van der Waals surface area contributed by atoms with Crippen molar-refractivity contribution in [2.45, 2.75) is 24.8 Å². The number of nitrogens with one attached hydrogen (secondary N) is 1. The lowest BCUT2D eigenvalue weighted by Gasteiger charge is -2.45. The molecule has 2 bridgehead atoms. The van der Waals surface area contributed by atoms with Crippen LogP contribution < -0.4 is 5.32 Å². The van der Waals surface area contributed by atoms with Crippen molar-refractivity contribution >= 4 is 40.2 Å². The highest BCUT2D eigenvalue weighted by Crippen LogP contribution is 2.61. The van der Waals surface area contributed by atoms with E-state index in [1.54, 1.807) is 6.07 Å². The van der Waals surface area contributed by atoms with Crippen LogP contribution >= 0.6 is 0 Å². The van der Waals surface area contributed by atoms with E-state index in [4.69, 9.17) is 4.74 Å². The average molecular weight is 531 g/mol. The van der Waals surface area contributed by atoms with Gasteiger partial charge < -0.3 is 10.1 Å². The molecule has 0 spiro atoms. The Kier molecular flexibility index (Phi) is 5.56. The summed E-state index contributed by atoms with van der Waals surface area (Å²) in [5.41, 5.74) is 4.87. The van der Waals surface area contributed by atoms with Gasteiger partial charge in [0, 0.05) is 22.9 Å². The van der Waals surface area contributed by atoms with Gasteiger partial charge in [-0.2, -0.15) is 0 Å². The van der Waals surface area contributed by atoms with Crippen LogP contribution in [-0.4, -0.2) is 41.2 Å². The number of hydrogen-bond donors (Lipinski definition) is 1. The molecule has 1 fully saturated rings. The molecule has 3 amide bonds. The summed E-state index contributed by atoms with van der Waals surface area (Å²) in [6.07, 6.45) is 0. The van der Waals surface area contributed by atoms with Crippen LogP contribution in [0.15, 0.2) is 91.0 Å². The van der Waals surface area contributed by atoms with Crippen molar-refractivity contribution < 1.29 is 23.9 Å². The second-order valence-electron chi connectivity index (χ2n) is 10.7. The van der Waals surface area contributed by atoms with Crippen molar-refractivity contribution in [3.63, 3.8) is 0 Å². The Balaban J connectivity index is 1.10. The molecule has 7 nitrogen and oxygen atoms in total. The third-order valence-electron chi connectivity index (χ3n) is 8.62. The van der Waals surface area contributed by atoms with E-state index >= 15 is 0 Å². The predicted octanol–water partition coefficient (Wildman–Crippen LogP) is 4.60. The molecule has 0 saturated carbocycles. The molecule has 1 aliphatic heterocycles. The van der Waals surface area contributed by atoms with Crippen molar-refractivity contribution in [3.05, 3.63) is 113 Å². The Bertz CT molecular complexity index is 1610. The molecule has 0 unspecified atom stereocenters. The van der Waals surface area contributed by atoms with Crippen LogP contribution in [0, 0.1) is 11.8 Å². The normalized spacial score (nSPS) is 22.9. The zero-order chi connectivity index (χ0) is 27.5. The van der Waals surface area contributed by atoms with Crippen molar-refractivity contribution in [1.29, 1.82) is 0 Å². The fourth-order valence-electron chi connectivity index (χ4n) is 6.97. The largest absolute Gasteiger partial charge is 0.454 e. The number of likely N-dealkylation sites (tertiary alicyclic amines) is 1. The number of amides is 3. The van der Waals surface area contributed by atoms with E-state index in [2.05, 4.69) is 5.32 Å². The van der Waals surface area contributed by atoms with Crippen LogP contribution in [0.2, 0.25) is 0 Å². The van der Waals surface area contributed by atoms with Crippen LogP contribution in [-0.2, 0) is 23.9 Å². The van der Waals surface area contributed by atoms with Gasteiger partial charge in [-0.25, -0.2) is 4.79 Å². The fourth-order valence-corrected chi connectivity index (χ4v) is 6.97. The Morgan fingerprint density at radius 3 is 1.82 bits per heavy atom. The van der Waals surface area contributed by atoms with Gasteiger partial charge in [-0.1, -0.05) is 84.9 Å². The summed E-state index contributed by atoms with van der Waals surface area (Å²) in [6, 6.07) is 28.0. The van der Waals surface area contributed by atoms with Gasteiger partial charge in [0.15, 0.2) is 6.61 Å². The smallest absolute Gasteiger partial charge is 0.329 e. The van der Waals surface area contributed by atoms with Crippen molar-refractivity contribution in [2.75, 3.05) is 11.9 Å². The van der Waals surface area contributed by atoms with Crippen molar-refractivity contribution in [1.82, 2.24) is 4.90 Å². The van der Waals surface area contributed by atoms with Gasteiger partial charge in [0.25, 0.3) is 5.91 Å².